The lowest BCUT2D eigenvalue weighted by Crippen LogP contribution is -2.25. The van der Waals surface area contributed by atoms with Crippen LogP contribution in [0, 0.1) is 0 Å². The predicted molar refractivity (Wildman–Crippen MR) is 72.1 cm³/mol. The summed E-state index contributed by atoms with van der Waals surface area (Å²) in [6, 6.07) is 11.4. The summed E-state index contributed by atoms with van der Waals surface area (Å²) in [4.78, 5) is 24.6. The Kier molecular flexibility index (Phi) is 5.33. The molecule has 2 rings (SSSR count). The lowest BCUT2D eigenvalue weighted by atomic mass is 10.2. The molecule has 6 heteroatoms. The highest BCUT2D eigenvalue weighted by molar-refractivity contribution is 7.99. The van der Waals surface area contributed by atoms with Gasteiger partial charge in [-0.1, -0.05) is 42.1 Å². The van der Waals surface area contributed by atoms with Gasteiger partial charge in [-0.2, -0.15) is 0 Å². The number of aromatic nitrogens is 2. The van der Waals surface area contributed by atoms with E-state index in [4.69, 9.17) is 4.84 Å². The van der Waals surface area contributed by atoms with Crippen LogP contribution >= 0.6 is 11.8 Å². The zero-order chi connectivity index (χ0) is 13.3. The van der Waals surface area contributed by atoms with Gasteiger partial charge >= 0.3 is 0 Å². The maximum absolute atomic E-state index is 11.5. The molecule has 0 radical (unpaired) electrons. The summed E-state index contributed by atoms with van der Waals surface area (Å²) in [5.41, 5.74) is 3.39. The van der Waals surface area contributed by atoms with E-state index in [1.54, 1.807) is 18.5 Å². The number of benzene rings is 1. The molecule has 1 aromatic carbocycles. The average Bonchev–Trinajstić information content (AvgIpc) is 2.47. The lowest BCUT2D eigenvalue weighted by Gasteiger charge is -2.05. The molecule has 2 aromatic rings. The van der Waals surface area contributed by atoms with Crippen molar-refractivity contribution in [3.05, 3.63) is 54.4 Å². The van der Waals surface area contributed by atoms with E-state index in [0.717, 1.165) is 5.56 Å². The zero-order valence-corrected chi connectivity index (χ0v) is 11.0. The topological polar surface area (TPSA) is 64.1 Å². The average molecular weight is 275 g/mol. The quantitative estimate of drug-likeness (QED) is 0.495. The number of nitrogens with zero attached hydrogens (tertiary/aromatic N) is 2. The predicted octanol–water partition coefficient (Wildman–Crippen LogP) is 1.82. The second-order valence-electron chi connectivity index (χ2n) is 3.62. The molecule has 1 N–H and O–H groups in total. The van der Waals surface area contributed by atoms with Crippen molar-refractivity contribution in [3.63, 3.8) is 0 Å². The molecule has 0 fully saturated rings. The second kappa shape index (κ2) is 7.50. The van der Waals surface area contributed by atoms with Crippen LogP contribution < -0.4 is 5.48 Å². The van der Waals surface area contributed by atoms with Gasteiger partial charge in [-0.05, 0) is 11.6 Å². The lowest BCUT2D eigenvalue weighted by molar-refractivity contribution is -0.131. The summed E-state index contributed by atoms with van der Waals surface area (Å²) in [5, 5.41) is 0.570. The van der Waals surface area contributed by atoms with Gasteiger partial charge in [-0.15, -0.1) is 0 Å². The number of hydroxylamine groups is 1. The summed E-state index contributed by atoms with van der Waals surface area (Å²) in [6.07, 6.45) is 3.28. The first-order valence-electron chi connectivity index (χ1n) is 5.69. The van der Waals surface area contributed by atoms with E-state index in [0.29, 0.717) is 11.8 Å². The first-order chi connectivity index (χ1) is 9.34. The van der Waals surface area contributed by atoms with E-state index in [2.05, 4.69) is 15.4 Å². The van der Waals surface area contributed by atoms with Crippen molar-refractivity contribution < 1.29 is 9.63 Å². The number of hydrogen-bond acceptors (Lipinski definition) is 5. The molecule has 5 nitrogen and oxygen atoms in total. The van der Waals surface area contributed by atoms with Crippen LogP contribution in [0.1, 0.15) is 5.56 Å². The second-order valence-corrected chi connectivity index (χ2v) is 4.56. The summed E-state index contributed by atoms with van der Waals surface area (Å²) in [5.74, 6) is 0.00658. The van der Waals surface area contributed by atoms with Gasteiger partial charge in [0.05, 0.1) is 12.4 Å². The third-order valence-corrected chi connectivity index (χ3v) is 3.02. The molecule has 1 aromatic heterocycles. The van der Waals surface area contributed by atoms with Gasteiger partial charge in [0.25, 0.3) is 5.91 Å². The fraction of sp³-hybridized carbons (Fsp3) is 0.154. The van der Waals surface area contributed by atoms with Crippen LogP contribution in [0.15, 0.2) is 53.9 Å². The molecule has 0 aliphatic rings. The van der Waals surface area contributed by atoms with Crippen molar-refractivity contribution in [3.8, 4) is 0 Å². The number of rotatable bonds is 6. The van der Waals surface area contributed by atoms with Gasteiger partial charge in [-0.3, -0.25) is 9.63 Å². The first-order valence-corrected chi connectivity index (χ1v) is 6.67. The van der Waals surface area contributed by atoms with E-state index < -0.39 is 0 Å². The third kappa shape index (κ3) is 5.07. The Morgan fingerprint density at radius 3 is 2.63 bits per heavy atom. The minimum Gasteiger partial charge on any atom is -0.272 e. The SMILES string of the molecule is O=C(CSc1ncccn1)NOCc1ccccc1. The Balaban J connectivity index is 1.65. The first kappa shape index (κ1) is 13.5. The molecule has 1 amide bonds. The summed E-state index contributed by atoms with van der Waals surface area (Å²) >= 11 is 1.26. The van der Waals surface area contributed by atoms with Crippen molar-refractivity contribution >= 4 is 17.7 Å². The third-order valence-electron chi connectivity index (χ3n) is 2.14. The minimum absolute atomic E-state index is 0.214. The maximum atomic E-state index is 11.5. The van der Waals surface area contributed by atoms with Crippen molar-refractivity contribution in [1.29, 1.82) is 0 Å². The number of thioether (sulfide) groups is 1. The normalized spacial score (nSPS) is 10.1. The maximum Gasteiger partial charge on any atom is 0.254 e. The molecular weight excluding hydrogens is 262 g/mol. The van der Waals surface area contributed by atoms with Gasteiger partial charge in [0.2, 0.25) is 0 Å². The molecule has 0 aliphatic heterocycles. The molecule has 0 saturated heterocycles. The summed E-state index contributed by atoms with van der Waals surface area (Å²) in [7, 11) is 0. The van der Waals surface area contributed by atoms with Gasteiger partial charge in [-0.25, -0.2) is 15.4 Å². The number of carbonyl (C=O) groups excluding carboxylic acids is 1. The molecule has 0 spiro atoms. The number of nitrogens with one attached hydrogen (secondary N) is 1. The fourth-order valence-electron chi connectivity index (χ4n) is 1.29. The smallest absolute Gasteiger partial charge is 0.254 e. The van der Waals surface area contributed by atoms with Gasteiger partial charge in [0.15, 0.2) is 5.16 Å². The molecule has 0 unspecified atom stereocenters. The minimum atomic E-state index is -0.214. The highest BCUT2D eigenvalue weighted by Crippen LogP contribution is 2.09. The number of hydrogen-bond donors (Lipinski definition) is 1. The highest BCUT2D eigenvalue weighted by atomic mass is 32.2. The summed E-state index contributed by atoms with van der Waals surface area (Å²) in [6.45, 7) is 0.346. The van der Waals surface area contributed by atoms with Gasteiger partial charge in [0, 0.05) is 12.4 Å². The Hall–Kier alpha value is -1.92. The Labute approximate surface area is 115 Å². The van der Waals surface area contributed by atoms with Crippen molar-refractivity contribution in [2.45, 2.75) is 11.8 Å². The van der Waals surface area contributed by atoms with Crippen molar-refractivity contribution in [1.82, 2.24) is 15.4 Å². The highest BCUT2D eigenvalue weighted by Gasteiger charge is 2.04. The van der Waals surface area contributed by atoms with Crippen molar-refractivity contribution in [2.24, 2.45) is 0 Å². The molecular formula is C13H13N3O2S. The van der Waals surface area contributed by atoms with E-state index in [1.165, 1.54) is 11.8 Å². The van der Waals surface area contributed by atoms with Gasteiger partial charge < -0.3 is 0 Å². The molecule has 0 aliphatic carbocycles. The standard InChI is InChI=1S/C13H13N3O2S/c17-12(10-19-13-14-7-4-8-15-13)16-18-9-11-5-2-1-3-6-11/h1-8H,9-10H2,(H,16,17). The molecule has 98 valence electrons. The van der Waals surface area contributed by atoms with Crippen LogP contribution in [0.2, 0.25) is 0 Å². The Morgan fingerprint density at radius 1 is 1.16 bits per heavy atom. The van der Waals surface area contributed by atoms with Crippen LogP contribution in [-0.2, 0) is 16.2 Å². The molecule has 1 heterocycles. The summed E-state index contributed by atoms with van der Waals surface area (Å²) < 4.78 is 0. The van der Waals surface area contributed by atoms with Crippen molar-refractivity contribution in [2.75, 3.05) is 5.75 Å². The van der Waals surface area contributed by atoms with Crippen LogP contribution in [0.4, 0.5) is 0 Å². The van der Waals surface area contributed by atoms with E-state index in [1.807, 2.05) is 30.3 Å². The van der Waals surface area contributed by atoms with E-state index in [9.17, 15) is 4.79 Å². The number of amides is 1. The van der Waals surface area contributed by atoms with Crippen LogP contribution in [0.5, 0.6) is 0 Å². The van der Waals surface area contributed by atoms with Gasteiger partial charge in [0.1, 0.15) is 0 Å². The van der Waals surface area contributed by atoms with E-state index in [-0.39, 0.29) is 11.7 Å². The molecule has 0 bridgehead atoms. The monoisotopic (exact) mass is 275 g/mol. The zero-order valence-electron chi connectivity index (χ0n) is 10.2. The Morgan fingerprint density at radius 2 is 1.89 bits per heavy atom. The molecule has 19 heavy (non-hydrogen) atoms. The van der Waals surface area contributed by atoms with Crippen LogP contribution in [0.25, 0.3) is 0 Å². The largest absolute Gasteiger partial charge is 0.272 e. The van der Waals surface area contributed by atoms with Crippen LogP contribution in [0.3, 0.4) is 0 Å². The van der Waals surface area contributed by atoms with Crippen LogP contribution in [-0.4, -0.2) is 21.6 Å². The fourth-order valence-corrected chi connectivity index (χ4v) is 1.88. The Bertz CT molecular complexity index is 508. The molecule has 0 atom stereocenters. The molecule has 0 saturated carbocycles. The number of carbonyl (C=O) groups is 1. The van der Waals surface area contributed by atoms with E-state index >= 15 is 0 Å².